The van der Waals surface area contributed by atoms with Crippen LogP contribution in [0.5, 0.6) is 0 Å². The van der Waals surface area contributed by atoms with Crippen LogP contribution in [0, 0.1) is 0 Å². The van der Waals surface area contributed by atoms with Gasteiger partial charge in [-0.2, -0.15) is 0 Å². The topological polar surface area (TPSA) is 105 Å². The Labute approximate surface area is 104 Å². The molecule has 0 spiro atoms. The van der Waals surface area contributed by atoms with Gasteiger partial charge in [0.05, 0.1) is 13.2 Å². The molecule has 8 nitrogen and oxygen atoms in total. The van der Waals surface area contributed by atoms with Gasteiger partial charge >= 0.3 is 24.2 Å². The molecular formula is C10H16O8. The summed E-state index contributed by atoms with van der Waals surface area (Å²) in [5.74, 6) is -1.12. The molecule has 0 heterocycles. The number of hydrogen-bond acceptors (Lipinski definition) is 8. The van der Waals surface area contributed by atoms with E-state index in [1.807, 2.05) is 0 Å². The Bertz CT molecular complexity index is 268. The highest BCUT2D eigenvalue weighted by Gasteiger charge is 2.10. The molecule has 8 heteroatoms. The number of ether oxygens (including phenoxy) is 4. The van der Waals surface area contributed by atoms with Crippen LogP contribution >= 0.6 is 0 Å². The monoisotopic (exact) mass is 264 g/mol. The van der Waals surface area contributed by atoms with Gasteiger partial charge in [-0.25, -0.2) is 9.59 Å². The van der Waals surface area contributed by atoms with Gasteiger partial charge in [-0.1, -0.05) is 0 Å². The minimum Gasteiger partial charge on any atom is -0.434 e. The summed E-state index contributed by atoms with van der Waals surface area (Å²) < 4.78 is 16.6. The summed E-state index contributed by atoms with van der Waals surface area (Å²) in [4.78, 5) is 40.4. The first-order chi connectivity index (χ1) is 8.33. The van der Waals surface area contributed by atoms with Crippen molar-refractivity contribution in [3.05, 3.63) is 0 Å². The molecule has 18 heavy (non-hydrogen) atoms. The molecule has 0 aliphatic rings. The normalized spacial score (nSPS) is 8.22. The summed E-state index contributed by atoms with van der Waals surface area (Å²) in [5, 5.41) is 0. The van der Waals surface area contributed by atoms with Gasteiger partial charge in [0, 0.05) is 13.8 Å². The summed E-state index contributed by atoms with van der Waals surface area (Å²) in [7, 11) is 0. The van der Waals surface area contributed by atoms with E-state index in [0.717, 1.165) is 0 Å². The van der Waals surface area contributed by atoms with E-state index >= 15 is 0 Å². The van der Waals surface area contributed by atoms with Gasteiger partial charge in [0.15, 0.2) is 0 Å². The van der Waals surface area contributed by atoms with Crippen LogP contribution < -0.4 is 0 Å². The van der Waals surface area contributed by atoms with E-state index in [1.165, 1.54) is 13.8 Å². The lowest BCUT2D eigenvalue weighted by Crippen LogP contribution is -2.14. The summed E-state index contributed by atoms with van der Waals surface area (Å²) in [6.07, 6.45) is -2.07. The van der Waals surface area contributed by atoms with Crippen molar-refractivity contribution < 1.29 is 38.1 Å². The third-order valence-electron chi connectivity index (χ3n) is 0.979. The Morgan fingerprint density at radius 2 is 1.06 bits per heavy atom. The number of esters is 2. The Morgan fingerprint density at radius 1 is 0.722 bits per heavy atom. The van der Waals surface area contributed by atoms with Crippen LogP contribution in [0.3, 0.4) is 0 Å². The maximum absolute atomic E-state index is 10.4. The fraction of sp³-hybridized carbons (Fsp3) is 0.600. The Balaban J connectivity index is 0. The van der Waals surface area contributed by atoms with Crippen LogP contribution in [-0.2, 0) is 28.5 Å². The van der Waals surface area contributed by atoms with Crippen LogP contribution in [0.15, 0.2) is 0 Å². The second-order valence-electron chi connectivity index (χ2n) is 2.55. The predicted molar refractivity (Wildman–Crippen MR) is 57.6 cm³/mol. The Morgan fingerprint density at radius 3 is 1.22 bits per heavy atom. The molecule has 0 aromatic rings. The number of carbonyl (C=O) groups excluding carboxylic acids is 4. The van der Waals surface area contributed by atoms with Crippen molar-refractivity contribution in [1.82, 2.24) is 0 Å². The van der Waals surface area contributed by atoms with Crippen molar-refractivity contribution in [3.8, 4) is 0 Å². The minimum atomic E-state index is -1.04. The highest BCUT2D eigenvalue weighted by Crippen LogP contribution is 1.89. The molecule has 0 radical (unpaired) electrons. The van der Waals surface area contributed by atoms with Crippen molar-refractivity contribution in [3.63, 3.8) is 0 Å². The zero-order valence-electron chi connectivity index (χ0n) is 10.7. The second kappa shape index (κ2) is 11.4. The maximum atomic E-state index is 10.4. The maximum Gasteiger partial charge on any atom is 0.518 e. The summed E-state index contributed by atoms with van der Waals surface area (Å²) >= 11 is 0. The fourth-order valence-electron chi connectivity index (χ4n) is 0.565. The van der Waals surface area contributed by atoms with Crippen molar-refractivity contribution in [2.75, 3.05) is 13.2 Å². The van der Waals surface area contributed by atoms with E-state index < -0.39 is 24.2 Å². The van der Waals surface area contributed by atoms with E-state index in [1.54, 1.807) is 13.8 Å². The predicted octanol–water partition coefficient (Wildman–Crippen LogP) is 1.41. The van der Waals surface area contributed by atoms with E-state index in [0.29, 0.717) is 0 Å². The zero-order valence-corrected chi connectivity index (χ0v) is 10.7. The second-order valence-corrected chi connectivity index (χ2v) is 2.55. The van der Waals surface area contributed by atoms with Gasteiger partial charge in [0.2, 0.25) is 0 Å². The fourth-order valence-corrected chi connectivity index (χ4v) is 0.565. The molecule has 0 saturated heterocycles. The van der Waals surface area contributed by atoms with Gasteiger partial charge in [0.1, 0.15) is 0 Å². The van der Waals surface area contributed by atoms with Crippen molar-refractivity contribution in [2.45, 2.75) is 27.7 Å². The highest BCUT2D eigenvalue weighted by molar-refractivity contribution is 5.82. The lowest BCUT2D eigenvalue weighted by atomic mass is 10.7. The SMILES string of the molecule is CC(=O)OC(C)=O.CCOC(=O)OC(=O)OCC. The van der Waals surface area contributed by atoms with Crippen LogP contribution in [0.4, 0.5) is 9.59 Å². The molecule has 0 N–H and O–H groups in total. The number of carbonyl (C=O) groups is 4. The van der Waals surface area contributed by atoms with E-state index in [-0.39, 0.29) is 13.2 Å². The number of hydrogen-bond donors (Lipinski definition) is 0. The molecule has 0 atom stereocenters. The van der Waals surface area contributed by atoms with Gasteiger partial charge in [-0.05, 0) is 13.8 Å². The zero-order chi connectivity index (χ0) is 14.6. The molecule has 0 amide bonds. The van der Waals surface area contributed by atoms with Crippen molar-refractivity contribution in [1.29, 1.82) is 0 Å². The quantitative estimate of drug-likeness (QED) is 0.418. The van der Waals surface area contributed by atoms with Crippen LogP contribution in [0.1, 0.15) is 27.7 Å². The summed E-state index contributed by atoms with van der Waals surface area (Å²) in [6.45, 7) is 5.90. The lowest BCUT2D eigenvalue weighted by Gasteiger charge is -2.01. The molecule has 0 unspecified atom stereocenters. The van der Waals surface area contributed by atoms with Crippen LogP contribution in [-0.4, -0.2) is 37.5 Å². The Hall–Kier alpha value is -2.12. The van der Waals surface area contributed by atoms with Gasteiger partial charge < -0.3 is 18.9 Å². The van der Waals surface area contributed by atoms with Crippen molar-refractivity contribution >= 4 is 24.2 Å². The molecule has 0 aromatic carbocycles. The first-order valence-electron chi connectivity index (χ1n) is 5.03. The molecule has 0 saturated carbocycles. The summed E-state index contributed by atoms with van der Waals surface area (Å²) in [5.41, 5.74) is 0. The van der Waals surface area contributed by atoms with Gasteiger partial charge in [0.25, 0.3) is 0 Å². The smallest absolute Gasteiger partial charge is 0.434 e. The molecule has 0 aliphatic carbocycles. The third-order valence-corrected chi connectivity index (χ3v) is 0.979. The standard InChI is InChI=1S/C6H10O5.C4H6O3/c1-3-9-5(7)11-6(8)10-4-2;1-3(5)7-4(2)6/h3-4H2,1-2H3;1-2H3. The highest BCUT2D eigenvalue weighted by atomic mass is 16.8. The summed E-state index contributed by atoms with van der Waals surface area (Å²) in [6, 6.07) is 0. The van der Waals surface area contributed by atoms with Crippen LogP contribution in [0.25, 0.3) is 0 Å². The van der Waals surface area contributed by atoms with E-state index in [4.69, 9.17) is 0 Å². The average molecular weight is 264 g/mol. The number of rotatable bonds is 2. The first-order valence-corrected chi connectivity index (χ1v) is 5.03. The molecule has 0 rings (SSSR count). The van der Waals surface area contributed by atoms with Gasteiger partial charge in [-0.15, -0.1) is 0 Å². The largest absolute Gasteiger partial charge is 0.518 e. The van der Waals surface area contributed by atoms with Crippen molar-refractivity contribution in [2.24, 2.45) is 0 Å². The Kier molecular flexibility index (Phi) is 11.5. The molecule has 0 fully saturated rings. The van der Waals surface area contributed by atoms with E-state index in [9.17, 15) is 19.2 Å². The molecule has 104 valence electrons. The van der Waals surface area contributed by atoms with Crippen LogP contribution in [0.2, 0.25) is 0 Å². The van der Waals surface area contributed by atoms with E-state index in [2.05, 4.69) is 18.9 Å². The molecule has 0 aliphatic heterocycles. The van der Waals surface area contributed by atoms with Gasteiger partial charge in [-0.3, -0.25) is 9.59 Å². The lowest BCUT2D eigenvalue weighted by molar-refractivity contribution is -0.156. The molecular weight excluding hydrogens is 248 g/mol. The molecule has 0 bridgehead atoms. The average Bonchev–Trinajstić information content (AvgIpc) is 2.16. The molecule has 0 aromatic heterocycles. The first kappa shape index (κ1) is 18.3. The third kappa shape index (κ3) is 16.3. The minimum absolute atomic E-state index is 0.165.